The first-order chi connectivity index (χ1) is 9.09. The molecule has 1 amide bonds. The van der Waals surface area contributed by atoms with Gasteiger partial charge in [-0.3, -0.25) is 4.79 Å². The Bertz CT molecular complexity index is 633. The first kappa shape index (κ1) is 12.5. The van der Waals surface area contributed by atoms with Crippen LogP contribution in [-0.4, -0.2) is 29.4 Å². The molecule has 2 heterocycles. The van der Waals surface area contributed by atoms with Crippen LogP contribution in [-0.2, 0) is 0 Å². The molecule has 1 unspecified atom stereocenters. The number of carbonyl (C=O) groups is 1. The maximum atomic E-state index is 12.5. The van der Waals surface area contributed by atoms with Gasteiger partial charge in [-0.25, -0.2) is 0 Å². The predicted molar refractivity (Wildman–Crippen MR) is 79.3 cm³/mol. The average Bonchev–Trinajstić information content (AvgIpc) is 2.75. The van der Waals surface area contributed by atoms with E-state index in [0.717, 1.165) is 33.5 Å². The molecule has 1 aliphatic rings. The Labute approximate surface area is 120 Å². The number of hydrogen-bond donors (Lipinski definition) is 1. The van der Waals surface area contributed by atoms with E-state index >= 15 is 0 Å². The molecule has 3 rings (SSSR count). The van der Waals surface area contributed by atoms with Gasteiger partial charge in [-0.15, -0.1) is 0 Å². The smallest absolute Gasteiger partial charge is 0.256 e. The fourth-order valence-electron chi connectivity index (χ4n) is 2.73. The third-order valence-corrected chi connectivity index (χ3v) is 4.24. The van der Waals surface area contributed by atoms with E-state index in [4.69, 9.17) is 0 Å². The standard InChI is InChI=1S/C15H15BrN2O/c1-9-8-18(2)15(19)12-11(14(16)17-13(9)12)10-6-4-3-5-7-10/h3-7,9,17H,8H2,1-2H3. The van der Waals surface area contributed by atoms with E-state index in [1.165, 1.54) is 0 Å². The maximum Gasteiger partial charge on any atom is 0.256 e. The van der Waals surface area contributed by atoms with Crippen molar-refractivity contribution in [2.75, 3.05) is 13.6 Å². The van der Waals surface area contributed by atoms with Crippen LogP contribution in [0, 0.1) is 0 Å². The summed E-state index contributed by atoms with van der Waals surface area (Å²) in [5.74, 6) is 0.417. The Hall–Kier alpha value is -1.55. The summed E-state index contributed by atoms with van der Waals surface area (Å²) in [4.78, 5) is 17.6. The Balaban J connectivity index is 2.25. The van der Waals surface area contributed by atoms with Gasteiger partial charge in [-0.2, -0.15) is 0 Å². The summed E-state index contributed by atoms with van der Waals surface area (Å²) < 4.78 is 0.888. The van der Waals surface area contributed by atoms with Gasteiger partial charge in [0.15, 0.2) is 0 Å². The lowest BCUT2D eigenvalue weighted by atomic mass is 9.93. The maximum absolute atomic E-state index is 12.5. The van der Waals surface area contributed by atoms with Crippen molar-refractivity contribution in [2.24, 2.45) is 0 Å². The van der Waals surface area contributed by atoms with Crippen LogP contribution in [0.4, 0.5) is 0 Å². The van der Waals surface area contributed by atoms with Crippen molar-refractivity contribution in [3.8, 4) is 11.1 Å². The monoisotopic (exact) mass is 318 g/mol. The molecule has 98 valence electrons. The highest BCUT2D eigenvalue weighted by Gasteiger charge is 2.32. The fourth-order valence-corrected chi connectivity index (χ4v) is 3.37. The third kappa shape index (κ3) is 1.91. The largest absolute Gasteiger partial charge is 0.352 e. The van der Waals surface area contributed by atoms with Gasteiger partial charge >= 0.3 is 0 Å². The second-order valence-electron chi connectivity index (χ2n) is 5.06. The third-order valence-electron chi connectivity index (χ3n) is 3.65. The highest BCUT2D eigenvalue weighted by atomic mass is 79.9. The lowest BCUT2D eigenvalue weighted by Gasteiger charge is -2.28. The summed E-state index contributed by atoms with van der Waals surface area (Å²) in [5, 5.41) is 0. The molecule has 1 aliphatic heterocycles. The highest BCUT2D eigenvalue weighted by molar-refractivity contribution is 9.10. The minimum absolute atomic E-state index is 0.0916. The molecule has 0 bridgehead atoms. The molecule has 1 N–H and O–H groups in total. The SMILES string of the molecule is CC1CN(C)C(=O)c2c1[nH]c(Br)c2-c1ccccc1. The van der Waals surface area contributed by atoms with Crippen molar-refractivity contribution in [3.05, 3.63) is 46.2 Å². The molecule has 1 aromatic carbocycles. The number of likely N-dealkylation sites (N-methyl/N-ethyl adjacent to an activating group) is 1. The van der Waals surface area contributed by atoms with E-state index in [9.17, 15) is 4.79 Å². The fraction of sp³-hybridized carbons (Fsp3) is 0.267. The quantitative estimate of drug-likeness (QED) is 0.856. The second kappa shape index (κ2) is 4.53. The summed E-state index contributed by atoms with van der Waals surface area (Å²) in [5.41, 5.74) is 3.87. The van der Waals surface area contributed by atoms with Crippen LogP contribution in [0.1, 0.15) is 28.9 Å². The number of fused-ring (bicyclic) bond motifs is 1. The van der Waals surface area contributed by atoms with Gasteiger partial charge in [-0.1, -0.05) is 37.3 Å². The molecule has 4 heteroatoms. The lowest BCUT2D eigenvalue weighted by molar-refractivity contribution is 0.0768. The van der Waals surface area contributed by atoms with Crippen molar-refractivity contribution in [1.29, 1.82) is 0 Å². The molecule has 1 aromatic heterocycles. The van der Waals surface area contributed by atoms with Crippen LogP contribution >= 0.6 is 15.9 Å². The molecule has 0 aliphatic carbocycles. The van der Waals surface area contributed by atoms with Gasteiger partial charge in [0, 0.05) is 30.8 Å². The van der Waals surface area contributed by atoms with Crippen LogP contribution in [0.3, 0.4) is 0 Å². The van der Waals surface area contributed by atoms with Crippen LogP contribution < -0.4 is 0 Å². The number of H-pyrrole nitrogens is 1. The molecule has 0 radical (unpaired) electrons. The minimum Gasteiger partial charge on any atom is -0.352 e. The lowest BCUT2D eigenvalue weighted by Crippen LogP contribution is -2.35. The van der Waals surface area contributed by atoms with Crippen molar-refractivity contribution >= 4 is 21.8 Å². The number of amides is 1. The Morgan fingerprint density at radius 2 is 1.95 bits per heavy atom. The molecule has 0 saturated heterocycles. The normalized spacial score (nSPS) is 18.6. The summed E-state index contributed by atoms with van der Waals surface area (Å²) in [7, 11) is 1.86. The molecule has 0 fully saturated rings. The number of carbonyl (C=O) groups excluding carboxylic acids is 1. The molecule has 0 spiro atoms. The van der Waals surface area contributed by atoms with Gasteiger partial charge in [0.05, 0.1) is 10.2 Å². The first-order valence-corrected chi connectivity index (χ1v) is 7.11. The zero-order valence-corrected chi connectivity index (χ0v) is 12.5. The second-order valence-corrected chi connectivity index (χ2v) is 5.85. The number of benzene rings is 1. The van der Waals surface area contributed by atoms with Crippen LogP contribution in [0.15, 0.2) is 34.9 Å². The molecule has 0 saturated carbocycles. The van der Waals surface area contributed by atoms with Crippen LogP contribution in [0.5, 0.6) is 0 Å². The molecule has 1 atom stereocenters. The van der Waals surface area contributed by atoms with Crippen molar-refractivity contribution in [2.45, 2.75) is 12.8 Å². The minimum atomic E-state index is 0.0916. The zero-order valence-electron chi connectivity index (χ0n) is 10.9. The zero-order chi connectivity index (χ0) is 13.6. The van der Waals surface area contributed by atoms with Gasteiger partial charge in [-0.05, 0) is 21.5 Å². The van der Waals surface area contributed by atoms with Gasteiger partial charge in [0.2, 0.25) is 0 Å². The van der Waals surface area contributed by atoms with Gasteiger partial charge in [0.25, 0.3) is 5.91 Å². The number of hydrogen-bond acceptors (Lipinski definition) is 1. The van der Waals surface area contributed by atoms with Crippen molar-refractivity contribution in [3.63, 3.8) is 0 Å². The van der Waals surface area contributed by atoms with Crippen LogP contribution in [0.2, 0.25) is 0 Å². The first-order valence-electron chi connectivity index (χ1n) is 6.32. The van der Waals surface area contributed by atoms with Gasteiger partial charge in [0.1, 0.15) is 0 Å². The Morgan fingerprint density at radius 3 is 2.63 bits per heavy atom. The van der Waals surface area contributed by atoms with E-state index in [0.29, 0.717) is 5.92 Å². The Morgan fingerprint density at radius 1 is 1.26 bits per heavy atom. The molecule has 3 nitrogen and oxygen atoms in total. The number of nitrogens with one attached hydrogen (secondary N) is 1. The summed E-state index contributed by atoms with van der Waals surface area (Å²) >= 11 is 3.56. The number of aromatic nitrogens is 1. The summed E-state index contributed by atoms with van der Waals surface area (Å²) in [6.07, 6.45) is 0. The van der Waals surface area contributed by atoms with Crippen molar-refractivity contribution in [1.82, 2.24) is 9.88 Å². The Kier molecular flexibility index (Phi) is 2.97. The number of aromatic amines is 1. The van der Waals surface area contributed by atoms with E-state index in [1.54, 1.807) is 4.90 Å². The predicted octanol–water partition coefficient (Wildman–Crippen LogP) is 3.63. The summed E-state index contributed by atoms with van der Waals surface area (Å²) in [6.45, 7) is 2.90. The van der Waals surface area contributed by atoms with Gasteiger partial charge < -0.3 is 9.88 Å². The molecule has 19 heavy (non-hydrogen) atoms. The highest BCUT2D eigenvalue weighted by Crippen LogP contribution is 2.39. The topological polar surface area (TPSA) is 36.1 Å². The number of halogens is 1. The molecule has 2 aromatic rings. The number of nitrogens with zero attached hydrogens (tertiary/aromatic N) is 1. The van der Waals surface area contributed by atoms with E-state index < -0.39 is 0 Å². The number of rotatable bonds is 1. The van der Waals surface area contributed by atoms with Crippen molar-refractivity contribution < 1.29 is 4.79 Å². The average molecular weight is 319 g/mol. The van der Waals surface area contributed by atoms with E-state index in [2.05, 4.69) is 27.8 Å². The molecular weight excluding hydrogens is 304 g/mol. The van der Waals surface area contributed by atoms with E-state index in [1.807, 2.05) is 37.4 Å². The van der Waals surface area contributed by atoms with Crippen LogP contribution in [0.25, 0.3) is 11.1 Å². The molecular formula is C15H15BrN2O. The van der Waals surface area contributed by atoms with E-state index in [-0.39, 0.29) is 5.91 Å². The summed E-state index contributed by atoms with van der Waals surface area (Å²) in [6, 6.07) is 10.0.